The molecule has 0 fully saturated rings. The highest BCUT2D eigenvalue weighted by molar-refractivity contribution is 5.40. The third-order valence-electron chi connectivity index (χ3n) is 3.94. The lowest BCUT2D eigenvalue weighted by Gasteiger charge is -2.27. The Morgan fingerprint density at radius 2 is 2.00 bits per heavy atom. The molecule has 0 amide bonds. The van der Waals surface area contributed by atoms with Crippen LogP contribution in [0.3, 0.4) is 0 Å². The van der Waals surface area contributed by atoms with Crippen LogP contribution in [0.25, 0.3) is 0 Å². The van der Waals surface area contributed by atoms with Gasteiger partial charge in [0.15, 0.2) is 11.6 Å². The second-order valence-electron chi connectivity index (χ2n) is 5.27. The van der Waals surface area contributed by atoms with Gasteiger partial charge in [-0.1, -0.05) is 12.1 Å². The summed E-state index contributed by atoms with van der Waals surface area (Å²) in [4.78, 5) is 0. The fraction of sp³-hybridized carbons (Fsp3) is 0.294. The fourth-order valence-corrected chi connectivity index (χ4v) is 2.83. The number of rotatable bonds is 3. The molecule has 2 nitrogen and oxygen atoms in total. The molecule has 1 aliphatic heterocycles. The summed E-state index contributed by atoms with van der Waals surface area (Å²) < 4.78 is 31.6. The molecule has 1 N–H and O–H groups in total. The molecule has 0 radical (unpaired) electrons. The maximum atomic E-state index is 13.3. The van der Waals surface area contributed by atoms with Gasteiger partial charge in [-0.25, -0.2) is 8.78 Å². The first-order chi connectivity index (χ1) is 10.2. The number of ether oxygens (including phenoxy) is 1. The Balaban J connectivity index is 1.88. The molecule has 0 aromatic heterocycles. The SMILES string of the molecule is COc1ccc2c(c1)C(Cc1ccc(F)c(F)c1)NCC2. The first kappa shape index (κ1) is 14.0. The van der Waals surface area contributed by atoms with Crippen molar-refractivity contribution in [3.8, 4) is 5.75 Å². The van der Waals surface area contributed by atoms with E-state index in [-0.39, 0.29) is 6.04 Å². The number of fused-ring (bicyclic) bond motifs is 1. The van der Waals surface area contributed by atoms with E-state index in [9.17, 15) is 8.78 Å². The molecule has 2 aromatic carbocycles. The van der Waals surface area contributed by atoms with Crippen molar-refractivity contribution in [3.05, 3.63) is 64.7 Å². The summed E-state index contributed by atoms with van der Waals surface area (Å²) in [5.41, 5.74) is 3.23. The van der Waals surface area contributed by atoms with Crippen molar-refractivity contribution in [3.63, 3.8) is 0 Å². The highest BCUT2D eigenvalue weighted by Crippen LogP contribution is 2.29. The minimum absolute atomic E-state index is 0.0914. The lowest BCUT2D eigenvalue weighted by Crippen LogP contribution is -2.31. The van der Waals surface area contributed by atoms with Crippen molar-refractivity contribution < 1.29 is 13.5 Å². The van der Waals surface area contributed by atoms with Gasteiger partial charge in [0.25, 0.3) is 0 Å². The Morgan fingerprint density at radius 3 is 2.76 bits per heavy atom. The van der Waals surface area contributed by atoms with E-state index >= 15 is 0 Å². The quantitative estimate of drug-likeness (QED) is 0.935. The second kappa shape index (κ2) is 5.82. The summed E-state index contributed by atoms with van der Waals surface area (Å²) in [5, 5.41) is 3.44. The molecule has 4 heteroatoms. The van der Waals surface area contributed by atoms with Crippen LogP contribution in [0.5, 0.6) is 5.75 Å². The van der Waals surface area contributed by atoms with Crippen LogP contribution in [0.1, 0.15) is 22.7 Å². The molecule has 1 aliphatic rings. The van der Waals surface area contributed by atoms with Crippen LogP contribution in [0.2, 0.25) is 0 Å². The van der Waals surface area contributed by atoms with Gasteiger partial charge in [0, 0.05) is 6.04 Å². The maximum absolute atomic E-state index is 13.3. The average molecular weight is 289 g/mol. The molecule has 1 atom stereocenters. The van der Waals surface area contributed by atoms with Gasteiger partial charge in [-0.15, -0.1) is 0 Å². The fourth-order valence-electron chi connectivity index (χ4n) is 2.83. The van der Waals surface area contributed by atoms with E-state index in [1.165, 1.54) is 23.3 Å². The number of hydrogen-bond acceptors (Lipinski definition) is 2. The van der Waals surface area contributed by atoms with Gasteiger partial charge in [0.2, 0.25) is 0 Å². The van der Waals surface area contributed by atoms with Gasteiger partial charge in [-0.3, -0.25) is 0 Å². The summed E-state index contributed by atoms with van der Waals surface area (Å²) in [6.45, 7) is 0.883. The van der Waals surface area contributed by atoms with Crippen molar-refractivity contribution in [1.29, 1.82) is 0 Å². The molecule has 110 valence electrons. The Hall–Kier alpha value is -1.94. The molecule has 21 heavy (non-hydrogen) atoms. The summed E-state index contributed by atoms with van der Waals surface area (Å²) in [5.74, 6) is -0.792. The van der Waals surface area contributed by atoms with Crippen molar-refractivity contribution in [1.82, 2.24) is 5.32 Å². The number of halogens is 2. The van der Waals surface area contributed by atoms with E-state index in [4.69, 9.17) is 4.74 Å². The van der Waals surface area contributed by atoms with Gasteiger partial charge in [-0.2, -0.15) is 0 Å². The molecule has 0 saturated carbocycles. The van der Waals surface area contributed by atoms with Crippen LogP contribution >= 0.6 is 0 Å². The first-order valence-electron chi connectivity index (χ1n) is 7.01. The van der Waals surface area contributed by atoms with Gasteiger partial charge in [-0.05, 0) is 60.3 Å². The highest BCUT2D eigenvalue weighted by atomic mass is 19.2. The summed E-state index contributed by atoms with van der Waals surface area (Å²) in [7, 11) is 1.64. The number of hydrogen-bond donors (Lipinski definition) is 1. The minimum atomic E-state index is -0.808. The zero-order valence-corrected chi connectivity index (χ0v) is 11.8. The van der Waals surface area contributed by atoms with Crippen LogP contribution in [-0.4, -0.2) is 13.7 Å². The molecular weight excluding hydrogens is 272 g/mol. The second-order valence-corrected chi connectivity index (χ2v) is 5.27. The smallest absolute Gasteiger partial charge is 0.159 e. The lowest BCUT2D eigenvalue weighted by atomic mass is 9.90. The maximum Gasteiger partial charge on any atom is 0.159 e. The Bertz CT molecular complexity index is 657. The molecule has 1 unspecified atom stereocenters. The van der Waals surface area contributed by atoms with Crippen molar-refractivity contribution >= 4 is 0 Å². The average Bonchev–Trinajstić information content (AvgIpc) is 2.51. The zero-order valence-electron chi connectivity index (χ0n) is 11.8. The summed E-state index contributed by atoms with van der Waals surface area (Å²) in [6.07, 6.45) is 1.59. The molecule has 0 saturated heterocycles. The van der Waals surface area contributed by atoms with E-state index in [0.717, 1.165) is 24.3 Å². The zero-order chi connectivity index (χ0) is 14.8. The lowest BCUT2D eigenvalue weighted by molar-refractivity contribution is 0.411. The predicted molar refractivity (Wildman–Crippen MR) is 77.5 cm³/mol. The van der Waals surface area contributed by atoms with Crippen molar-refractivity contribution in [2.45, 2.75) is 18.9 Å². The van der Waals surface area contributed by atoms with E-state index < -0.39 is 11.6 Å². The molecule has 1 heterocycles. The van der Waals surface area contributed by atoms with Crippen molar-refractivity contribution in [2.75, 3.05) is 13.7 Å². The highest BCUT2D eigenvalue weighted by Gasteiger charge is 2.21. The Kier molecular flexibility index (Phi) is 3.88. The van der Waals surface area contributed by atoms with E-state index in [1.807, 2.05) is 12.1 Å². The number of methoxy groups -OCH3 is 1. The summed E-state index contributed by atoms with van der Waals surface area (Å²) in [6, 6.07) is 10.2. The summed E-state index contributed by atoms with van der Waals surface area (Å²) >= 11 is 0. The monoisotopic (exact) mass is 289 g/mol. The van der Waals surface area contributed by atoms with Gasteiger partial charge < -0.3 is 10.1 Å². The topological polar surface area (TPSA) is 21.3 Å². The van der Waals surface area contributed by atoms with E-state index in [2.05, 4.69) is 11.4 Å². The molecule has 3 rings (SSSR count). The Labute approximate surface area is 122 Å². The van der Waals surface area contributed by atoms with Crippen LogP contribution < -0.4 is 10.1 Å². The number of nitrogens with one attached hydrogen (secondary N) is 1. The molecule has 0 aliphatic carbocycles. The van der Waals surface area contributed by atoms with Crippen LogP contribution in [0.15, 0.2) is 36.4 Å². The molecule has 2 aromatic rings. The normalized spacial score (nSPS) is 17.4. The first-order valence-corrected chi connectivity index (χ1v) is 7.01. The standard InChI is InChI=1S/C17H17F2NO/c1-21-13-4-3-12-6-7-20-17(14(12)10-13)9-11-2-5-15(18)16(19)8-11/h2-5,8,10,17,20H,6-7,9H2,1H3. The molecule has 0 bridgehead atoms. The third kappa shape index (κ3) is 2.90. The predicted octanol–water partition coefficient (Wildman–Crippen LogP) is 3.40. The largest absolute Gasteiger partial charge is 0.497 e. The van der Waals surface area contributed by atoms with E-state index in [0.29, 0.717) is 6.42 Å². The van der Waals surface area contributed by atoms with E-state index in [1.54, 1.807) is 13.2 Å². The molecule has 0 spiro atoms. The van der Waals surface area contributed by atoms with Crippen molar-refractivity contribution in [2.24, 2.45) is 0 Å². The van der Waals surface area contributed by atoms with Gasteiger partial charge in [0.05, 0.1) is 7.11 Å². The van der Waals surface area contributed by atoms with Gasteiger partial charge >= 0.3 is 0 Å². The number of benzene rings is 2. The minimum Gasteiger partial charge on any atom is -0.497 e. The van der Waals surface area contributed by atoms with Crippen LogP contribution in [0.4, 0.5) is 8.78 Å². The van der Waals surface area contributed by atoms with Crippen LogP contribution in [0, 0.1) is 11.6 Å². The third-order valence-corrected chi connectivity index (χ3v) is 3.94. The van der Waals surface area contributed by atoms with Gasteiger partial charge in [0.1, 0.15) is 5.75 Å². The Morgan fingerprint density at radius 1 is 1.14 bits per heavy atom. The molecular formula is C17H17F2NO. The van der Waals surface area contributed by atoms with Crippen LogP contribution in [-0.2, 0) is 12.8 Å².